The Balaban J connectivity index is 1.48. The number of rotatable bonds is 4. The molecule has 3 amide bonds. The molecule has 4 rings (SSSR count). The molecule has 8 heteroatoms. The zero-order valence-corrected chi connectivity index (χ0v) is 15.3. The molecule has 0 radical (unpaired) electrons. The monoisotopic (exact) mass is 386 g/mol. The number of amides is 3. The van der Waals surface area contributed by atoms with Crippen LogP contribution < -0.4 is 5.32 Å². The molecule has 0 spiro atoms. The molecule has 2 aromatic carbocycles. The van der Waals surface area contributed by atoms with Crippen LogP contribution in [0.5, 0.6) is 0 Å². The number of hydrogen-bond acceptors (Lipinski definition) is 5. The number of imide groups is 1. The van der Waals surface area contributed by atoms with Gasteiger partial charge in [0, 0.05) is 35.5 Å². The Labute approximate surface area is 156 Å². The average molecular weight is 386 g/mol. The lowest BCUT2D eigenvalue weighted by Crippen LogP contribution is -2.43. The summed E-state index contributed by atoms with van der Waals surface area (Å²) in [5.74, 6) is -1.19. The molecular formula is C19H18N2O5S. The summed E-state index contributed by atoms with van der Waals surface area (Å²) in [6.07, 6.45) is 0.331. The lowest BCUT2D eigenvalue weighted by Gasteiger charge is -2.27. The lowest BCUT2D eigenvalue weighted by molar-refractivity contribution is -0.121. The predicted octanol–water partition coefficient (Wildman–Crippen LogP) is 1.13. The van der Waals surface area contributed by atoms with E-state index in [1.807, 2.05) is 12.1 Å². The summed E-state index contributed by atoms with van der Waals surface area (Å²) < 4.78 is 22.9. The fourth-order valence-corrected chi connectivity index (χ4v) is 5.38. The van der Waals surface area contributed by atoms with Crippen LogP contribution in [-0.4, -0.2) is 55.1 Å². The third-order valence-electron chi connectivity index (χ3n) is 5.02. The summed E-state index contributed by atoms with van der Waals surface area (Å²) in [6.45, 7) is -0.0479. The highest BCUT2D eigenvalue weighted by Crippen LogP contribution is 2.29. The SMILES string of the molecule is O=C(CCN1C(=O)c2cccc3cccc(c23)C1=O)N[C@H]1CCS(=O)(=O)C1. The molecule has 2 heterocycles. The van der Waals surface area contributed by atoms with Crippen molar-refractivity contribution >= 4 is 38.3 Å². The summed E-state index contributed by atoms with van der Waals surface area (Å²) in [5, 5.41) is 4.15. The van der Waals surface area contributed by atoms with E-state index in [9.17, 15) is 22.8 Å². The summed E-state index contributed by atoms with van der Waals surface area (Å²) in [4.78, 5) is 38.7. The van der Waals surface area contributed by atoms with Crippen molar-refractivity contribution in [2.24, 2.45) is 0 Å². The Kier molecular flexibility index (Phi) is 4.22. The van der Waals surface area contributed by atoms with Crippen LogP contribution in [0.1, 0.15) is 33.6 Å². The Hall–Kier alpha value is -2.74. The van der Waals surface area contributed by atoms with Gasteiger partial charge in [0.25, 0.3) is 11.8 Å². The number of carbonyl (C=O) groups excluding carboxylic acids is 3. The average Bonchev–Trinajstić information content (AvgIpc) is 2.97. The van der Waals surface area contributed by atoms with Crippen molar-refractivity contribution in [1.29, 1.82) is 0 Å². The van der Waals surface area contributed by atoms with Gasteiger partial charge in [0.05, 0.1) is 11.5 Å². The molecule has 1 fully saturated rings. The minimum Gasteiger partial charge on any atom is -0.352 e. The van der Waals surface area contributed by atoms with Gasteiger partial charge in [-0.1, -0.05) is 24.3 Å². The molecule has 2 aliphatic rings. The van der Waals surface area contributed by atoms with E-state index in [2.05, 4.69) is 5.32 Å². The fourth-order valence-electron chi connectivity index (χ4n) is 3.71. The van der Waals surface area contributed by atoms with E-state index in [0.717, 1.165) is 10.3 Å². The molecule has 0 aromatic heterocycles. The highest BCUT2D eigenvalue weighted by molar-refractivity contribution is 7.91. The van der Waals surface area contributed by atoms with Gasteiger partial charge >= 0.3 is 0 Å². The quantitative estimate of drug-likeness (QED) is 0.794. The van der Waals surface area contributed by atoms with Crippen LogP contribution >= 0.6 is 0 Å². The van der Waals surface area contributed by atoms with Crippen LogP contribution in [0.2, 0.25) is 0 Å². The van der Waals surface area contributed by atoms with Crippen LogP contribution in [0.25, 0.3) is 10.8 Å². The third-order valence-corrected chi connectivity index (χ3v) is 6.78. The number of sulfone groups is 1. The second-order valence-corrected chi connectivity index (χ2v) is 9.12. The predicted molar refractivity (Wildman–Crippen MR) is 99.1 cm³/mol. The first-order valence-corrected chi connectivity index (χ1v) is 10.6. The maximum atomic E-state index is 12.7. The van der Waals surface area contributed by atoms with Gasteiger partial charge in [0.1, 0.15) is 0 Å². The van der Waals surface area contributed by atoms with Crippen molar-refractivity contribution in [2.75, 3.05) is 18.1 Å². The second-order valence-electron chi connectivity index (χ2n) is 6.89. The lowest BCUT2D eigenvalue weighted by atomic mass is 9.94. The first kappa shape index (κ1) is 17.7. The Morgan fingerprint density at radius 2 is 1.70 bits per heavy atom. The van der Waals surface area contributed by atoms with Crippen molar-refractivity contribution < 1.29 is 22.8 Å². The number of benzene rings is 2. The van der Waals surface area contributed by atoms with Crippen LogP contribution in [0.15, 0.2) is 36.4 Å². The molecular weight excluding hydrogens is 368 g/mol. The topological polar surface area (TPSA) is 101 Å². The molecule has 0 bridgehead atoms. The largest absolute Gasteiger partial charge is 0.352 e. The van der Waals surface area contributed by atoms with Gasteiger partial charge in [0.15, 0.2) is 9.84 Å². The van der Waals surface area contributed by atoms with E-state index in [0.29, 0.717) is 22.9 Å². The standard InChI is InChI=1S/C19H18N2O5S/c22-16(20-13-8-10-27(25,26)11-13)7-9-21-18(23)14-5-1-3-12-4-2-6-15(17(12)14)19(21)24/h1-6,13H,7-11H2,(H,20,22)/t13-/m0/s1. The number of nitrogens with zero attached hydrogens (tertiary/aromatic N) is 1. The summed E-state index contributed by atoms with van der Waals surface area (Å²) in [5.41, 5.74) is 0.898. The van der Waals surface area contributed by atoms with E-state index in [1.165, 1.54) is 0 Å². The number of carbonyl (C=O) groups is 3. The second kappa shape index (κ2) is 6.45. The molecule has 1 N–H and O–H groups in total. The summed E-state index contributed by atoms with van der Waals surface area (Å²) in [7, 11) is -3.08. The van der Waals surface area contributed by atoms with Crippen LogP contribution in [0, 0.1) is 0 Å². The van der Waals surface area contributed by atoms with Gasteiger partial charge in [-0.15, -0.1) is 0 Å². The Bertz CT molecular complexity index is 1030. The van der Waals surface area contributed by atoms with E-state index in [1.54, 1.807) is 24.3 Å². The summed E-state index contributed by atoms with van der Waals surface area (Å²) >= 11 is 0. The normalized spacial score (nSPS) is 20.9. The highest BCUT2D eigenvalue weighted by Gasteiger charge is 2.33. The maximum absolute atomic E-state index is 12.7. The van der Waals surface area contributed by atoms with Crippen molar-refractivity contribution in [1.82, 2.24) is 10.2 Å². The zero-order chi connectivity index (χ0) is 19.2. The van der Waals surface area contributed by atoms with Crippen LogP contribution in [0.3, 0.4) is 0 Å². The molecule has 1 saturated heterocycles. The van der Waals surface area contributed by atoms with Gasteiger partial charge in [-0.05, 0) is 23.9 Å². The van der Waals surface area contributed by atoms with Crippen molar-refractivity contribution in [2.45, 2.75) is 18.9 Å². The molecule has 27 heavy (non-hydrogen) atoms. The number of nitrogens with one attached hydrogen (secondary N) is 1. The molecule has 7 nitrogen and oxygen atoms in total. The van der Waals surface area contributed by atoms with E-state index < -0.39 is 27.7 Å². The van der Waals surface area contributed by atoms with Crippen molar-refractivity contribution in [3.05, 3.63) is 47.5 Å². The van der Waals surface area contributed by atoms with Crippen LogP contribution in [-0.2, 0) is 14.6 Å². The molecule has 0 unspecified atom stereocenters. The van der Waals surface area contributed by atoms with Gasteiger partial charge in [-0.25, -0.2) is 8.42 Å². The van der Waals surface area contributed by atoms with Crippen molar-refractivity contribution in [3.63, 3.8) is 0 Å². The van der Waals surface area contributed by atoms with E-state index in [-0.39, 0.29) is 30.4 Å². The zero-order valence-electron chi connectivity index (χ0n) is 14.5. The van der Waals surface area contributed by atoms with Gasteiger partial charge in [0.2, 0.25) is 5.91 Å². The summed E-state index contributed by atoms with van der Waals surface area (Å²) in [6, 6.07) is 10.2. The Morgan fingerprint density at radius 1 is 1.07 bits per heavy atom. The fraction of sp³-hybridized carbons (Fsp3) is 0.316. The van der Waals surface area contributed by atoms with Gasteiger partial charge < -0.3 is 5.32 Å². The smallest absolute Gasteiger partial charge is 0.261 e. The third kappa shape index (κ3) is 3.21. The van der Waals surface area contributed by atoms with Gasteiger partial charge in [-0.3, -0.25) is 19.3 Å². The first-order chi connectivity index (χ1) is 12.9. The minimum atomic E-state index is -3.08. The molecule has 2 aromatic rings. The van der Waals surface area contributed by atoms with Crippen molar-refractivity contribution in [3.8, 4) is 0 Å². The number of hydrogen-bond donors (Lipinski definition) is 1. The first-order valence-electron chi connectivity index (χ1n) is 8.73. The minimum absolute atomic E-state index is 0.0479. The molecule has 1 atom stereocenters. The highest BCUT2D eigenvalue weighted by atomic mass is 32.2. The molecule has 140 valence electrons. The molecule has 0 saturated carbocycles. The maximum Gasteiger partial charge on any atom is 0.261 e. The Morgan fingerprint density at radius 3 is 2.26 bits per heavy atom. The van der Waals surface area contributed by atoms with Gasteiger partial charge in [-0.2, -0.15) is 0 Å². The van der Waals surface area contributed by atoms with Crippen LogP contribution in [0.4, 0.5) is 0 Å². The van der Waals surface area contributed by atoms with E-state index >= 15 is 0 Å². The molecule has 0 aliphatic carbocycles. The van der Waals surface area contributed by atoms with E-state index in [4.69, 9.17) is 0 Å². The molecule has 2 aliphatic heterocycles.